The Morgan fingerprint density at radius 2 is 2.00 bits per heavy atom. The normalized spacial score (nSPS) is 28.4. The quantitative estimate of drug-likeness (QED) is 0.792. The lowest BCUT2D eigenvalue weighted by molar-refractivity contribution is 0.0868. The van der Waals surface area contributed by atoms with E-state index in [1.165, 1.54) is 64.8 Å². The first-order chi connectivity index (χ1) is 8.38. The van der Waals surface area contributed by atoms with Crippen LogP contribution in [0.2, 0.25) is 0 Å². The third-order valence-corrected chi connectivity index (χ3v) is 4.32. The van der Waals surface area contributed by atoms with Crippen LogP contribution in [0, 0.1) is 11.8 Å². The van der Waals surface area contributed by atoms with Crippen molar-refractivity contribution in [1.82, 2.24) is 10.2 Å². The van der Waals surface area contributed by atoms with E-state index in [4.69, 9.17) is 4.74 Å². The monoisotopic (exact) mass is 240 g/mol. The predicted octanol–water partition coefficient (Wildman–Crippen LogP) is 1.73. The molecule has 0 aromatic rings. The molecule has 100 valence electrons. The van der Waals surface area contributed by atoms with Crippen molar-refractivity contribution in [3.8, 4) is 0 Å². The molecule has 0 amide bonds. The van der Waals surface area contributed by atoms with E-state index < -0.39 is 0 Å². The smallest absolute Gasteiger partial charge is 0.0502 e. The molecule has 2 aliphatic heterocycles. The lowest BCUT2D eigenvalue weighted by atomic mass is 9.93. The maximum atomic E-state index is 5.29. The molecule has 0 aromatic heterocycles. The molecule has 2 fully saturated rings. The van der Waals surface area contributed by atoms with E-state index in [0.717, 1.165) is 18.4 Å². The second-order valence-corrected chi connectivity index (χ2v) is 5.75. The molecule has 0 spiro atoms. The fraction of sp³-hybridized carbons (Fsp3) is 1.00. The minimum absolute atomic E-state index is 0.779. The second kappa shape index (κ2) is 7.34. The molecule has 1 N–H and O–H groups in total. The first kappa shape index (κ1) is 13.3. The Morgan fingerprint density at radius 3 is 2.76 bits per heavy atom. The van der Waals surface area contributed by atoms with Crippen molar-refractivity contribution in [2.24, 2.45) is 11.8 Å². The van der Waals surface area contributed by atoms with Gasteiger partial charge >= 0.3 is 0 Å². The van der Waals surface area contributed by atoms with E-state index >= 15 is 0 Å². The molecular formula is C14H28N2O. The van der Waals surface area contributed by atoms with Gasteiger partial charge in [0.05, 0.1) is 6.61 Å². The molecule has 0 bridgehead atoms. The van der Waals surface area contributed by atoms with E-state index in [1.54, 1.807) is 0 Å². The Bertz CT molecular complexity index is 202. The first-order valence-electron chi connectivity index (χ1n) is 7.30. The van der Waals surface area contributed by atoms with Crippen molar-refractivity contribution in [3.63, 3.8) is 0 Å². The standard InChI is InChI=1S/C14H28N2O/c1-17-12-14-3-2-9-16(11-14)10-6-13-4-7-15-8-5-13/h13-15H,2-12H2,1H3. The molecule has 3 heteroatoms. The van der Waals surface area contributed by atoms with E-state index in [-0.39, 0.29) is 0 Å². The Hall–Kier alpha value is -0.120. The van der Waals surface area contributed by atoms with Crippen molar-refractivity contribution < 1.29 is 4.74 Å². The largest absolute Gasteiger partial charge is 0.384 e. The Kier molecular flexibility index (Phi) is 5.75. The molecule has 1 atom stereocenters. The van der Waals surface area contributed by atoms with Crippen LogP contribution < -0.4 is 5.32 Å². The maximum Gasteiger partial charge on any atom is 0.0502 e. The van der Waals surface area contributed by atoms with Crippen molar-refractivity contribution >= 4 is 0 Å². The van der Waals surface area contributed by atoms with Crippen molar-refractivity contribution in [2.45, 2.75) is 32.1 Å². The van der Waals surface area contributed by atoms with Crippen molar-refractivity contribution in [1.29, 1.82) is 0 Å². The number of ether oxygens (including phenoxy) is 1. The number of hydrogen-bond donors (Lipinski definition) is 1. The van der Waals surface area contributed by atoms with Gasteiger partial charge in [0.1, 0.15) is 0 Å². The van der Waals surface area contributed by atoms with Gasteiger partial charge in [0.15, 0.2) is 0 Å². The van der Waals surface area contributed by atoms with Crippen LogP contribution in [0.3, 0.4) is 0 Å². The van der Waals surface area contributed by atoms with E-state index in [2.05, 4.69) is 10.2 Å². The van der Waals surface area contributed by atoms with Gasteiger partial charge in [-0.2, -0.15) is 0 Å². The van der Waals surface area contributed by atoms with Gasteiger partial charge in [-0.05, 0) is 70.1 Å². The minimum atomic E-state index is 0.779. The topological polar surface area (TPSA) is 24.5 Å². The summed E-state index contributed by atoms with van der Waals surface area (Å²) in [5.41, 5.74) is 0. The van der Waals surface area contributed by atoms with Gasteiger partial charge in [0.2, 0.25) is 0 Å². The number of piperidine rings is 2. The Balaban J connectivity index is 1.64. The molecule has 3 nitrogen and oxygen atoms in total. The van der Waals surface area contributed by atoms with Crippen LogP contribution in [-0.2, 0) is 4.74 Å². The summed E-state index contributed by atoms with van der Waals surface area (Å²) >= 11 is 0. The summed E-state index contributed by atoms with van der Waals surface area (Å²) in [6, 6.07) is 0. The van der Waals surface area contributed by atoms with Crippen LogP contribution in [0.1, 0.15) is 32.1 Å². The van der Waals surface area contributed by atoms with E-state index in [0.29, 0.717) is 0 Å². The summed E-state index contributed by atoms with van der Waals surface area (Å²) in [4.78, 5) is 2.66. The first-order valence-corrected chi connectivity index (χ1v) is 7.30. The lowest BCUT2D eigenvalue weighted by Crippen LogP contribution is -2.39. The Morgan fingerprint density at radius 1 is 1.18 bits per heavy atom. The average Bonchev–Trinajstić information content (AvgIpc) is 2.39. The molecular weight excluding hydrogens is 212 g/mol. The van der Waals surface area contributed by atoms with Gasteiger partial charge in [-0.25, -0.2) is 0 Å². The van der Waals surface area contributed by atoms with Crippen molar-refractivity contribution in [3.05, 3.63) is 0 Å². The summed E-state index contributed by atoms with van der Waals surface area (Å²) in [5, 5.41) is 3.45. The highest BCUT2D eigenvalue weighted by Crippen LogP contribution is 2.20. The fourth-order valence-electron chi connectivity index (χ4n) is 3.26. The van der Waals surface area contributed by atoms with Gasteiger partial charge in [0.25, 0.3) is 0 Å². The van der Waals surface area contributed by atoms with Gasteiger partial charge in [-0.3, -0.25) is 0 Å². The number of rotatable bonds is 5. The summed E-state index contributed by atoms with van der Waals surface area (Å²) in [5.74, 6) is 1.75. The maximum absolute atomic E-state index is 5.29. The average molecular weight is 240 g/mol. The molecule has 17 heavy (non-hydrogen) atoms. The van der Waals surface area contributed by atoms with Gasteiger partial charge in [-0.15, -0.1) is 0 Å². The second-order valence-electron chi connectivity index (χ2n) is 5.75. The van der Waals surface area contributed by atoms with Crippen LogP contribution in [0.15, 0.2) is 0 Å². The number of likely N-dealkylation sites (tertiary alicyclic amines) is 1. The molecule has 0 saturated carbocycles. The predicted molar refractivity (Wildman–Crippen MR) is 71.3 cm³/mol. The zero-order chi connectivity index (χ0) is 11.9. The molecule has 2 saturated heterocycles. The molecule has 2 aliphatic rings. The third-order valence-electron chi connectivity index (χ3n) is 4.32. The van der Waals surface area contributed by atoms with Crippen LogP contribution in [0.5, 0.6) is 0 Å². The highest BCUT2D eigenvalue weighted by Gasteiger charge is 2.21. The molecule has 1 unspecified atom stereocenters. The van der Waals surface area contributed by atoms with Crippen molar-refractivity contribution in [2.75, 3.05) is 46.4 Å². The molecule has 2 heterocycles. The number of nitrogens with zero attached hydrogens (tertiary/aromatic N) is 1. The summed E-state index contributed by atoms with van der Waals surface area (Å²) < 4.78 is 5.29. The third kappa shape index (κ3) is 4.57. The number of methoxy groups -OCH3 is 1. The molecule has 0 aromatic carbocycles. The number of hydrogen-bond acceptors (Lipinski definition) is 3. The zero-order valence-corrected chi connectivity index (χ0v) is 11.3. The van der Waals surface area contributed by atoms with E-state index in [1.807, 2.05) is 7.11 Å². The lowest BCUT2D eigenvalue weighted by Gasteiger charge is -2.33. The summed E-state index contributed by atoms with van der Waals surface area (Å²) in [6.07, 6.45) is 6.89. The van der Waals surface area contributed by atoms with Gasteiger partial charge < -0.3 is 15.0 Å². The number of nitrogens with one attached hydrogen (secondary N) is 1. The Labute approximate surface area is 106 Å². The fourth-order valence-corrected chi connectivity index (χ4v) is 3.26. The SMILES string of the molecule is COCC1CCCN(CCC2CCNCC2)C1. The molecule has 2 rings (SSSR count). The van der Waals surface area contributed by atoms with Crippen LogP contribution in [-0.4, -0.2) is 51.3 Å². The van der Waals surface area contributed by atoms with Gasteiger partial charge in [-0.1, -0.05) is 0 Å². The molecule has 0 radical (unpaired) electrons. The van der Waals surface area contributed by atoms with Gasteiger partial charge in [0, 0.05) is 13.7 Å². The van der Waals surface area contributed by atoms with E-state index in [9.17, 15) is 0 Å². The molecule has 0 aliphatic carbocycles. The minimum Gasteiger partial charge on any atom is -0.384 e. The van der Waals surface area contributed by atoms with Crippen LogP contribution in [0.4, 0.5) is 0 Å². The summed E-state index contributed by atoms with van der Waals surface area (Å²) in [7, 11) is 1.83. The van der Waals surface area contributed by atoms with Crippen LogP contribution >= 0.6 is 0 Å². The van der Waals surface area contributed by atoms with Crippen LogP contribution in [0.25, 0.3) is 0 Å². The summed E-state index contributed by atoms with van der Waals surface area (Å²) in [6.45, 7) is 7.30. The highest BCUT2D eigenvalue weighted by molar-refractivity contribution is 4.75. The zero-order valence-electron chi connectivity index (χ0n) is 11.3. The highest BCUT2D eigenvalue weighted by atomic mass is 16.5.